The Balaban J connectivity index is 1.88. The minimum atomic E-state index is -3.36. The summed E-state index contributed by atoms with van der Waals surface area (Å²) < 4.78 is 24.5. The molecular formula is C16H20ClN5O2S. The van der Waals surface area contributed by atoms with Gasteiger partial charge >= 0.3 is 0 Å². The van der Waals surface area contributed by atoms with Crippen LogP contribution in [0.1, 0.15) is 13.3 Å². The first-order chi connectivity index (χ1) is 12.0. The van der Waals surface area contributed by atoms with Crippen LogP contribution in [0, 0.1) is 0 Å². The summed E-state index contributed by atoms with van der Waals surface area (Å²) in [6.07, 6.45) is 2.49. The van der Waals surface area contributed by atoms with Crippen molar-refractivity contribution in [3.63, 3.8) is 0 Å². The van der Waals surface area contributed by atoms with E-state index in [4.69, 9.17) is 11.6 Å². The molecule has 1 aromatic carbocycles. The molecule has 1 fully saturated rings. The standard InChI is InChI=1S/C16H20ClN5O2S/c1-2-25(23,24)14-6-4-3-5-13(14)21-15-12(17)10-19-16(22-15)20-11-7-8-18-9-11/h3-6,10-11,18H,2,7-9H2,1H3,(H2,19,20,21,22)/t11-/m1/s1. The molecule has 9 heteroatoms. The van der Waals surface area contributed by atoms with Gasteiger partial charge in [0.05, 0.1) is 22.5 Å². The Kier molecular flexibility index (Phi) is 5.41. The average molecular weight is 382 g/mol. The molecule has 7 nitrogen and oxygen atoms in total. The van der Waals surface area contributed by atoms with Crippen molar-refractivity contribution in [3.05, 3.63) is 35.5 Å². The van der Waals surface area contributed by atoms with Crippen LogP contribution in [0.2, 0.25) is 5.02 Å². The molecular weight excluding hydrogens is 362 g/mol. The number of hydrogen-bond acceptors (Lipinski definition) is 7. The van der Waals surface area contributed by atoms with E-state index in [-0.39, 0.29) is 16.7 Å². The second-order valence-corrected chi connectivity index (χ2v) is 8.40. The number of hydrogen-bond donors (Lipinski definition) is 3. The molecule has 0 aliphatic carbocycles. The van der Waals surface area contributed by atoms with Crippen LogP contribution in [0.5, 0.6) is 0 Å². The highest BCUT2D eigenvalue weighted by Crippen LogP contribution is 2.28. The Labute approximate surface area is 152 Å². The van der Waals surface area contributed by atoms with E-state index >= 15 is 0 Å². The predicted molar refractivity (Wildman–Crippen MR) is 99.4 cm³/mol. The number of nitrogens with zero attached hydrogens (tertiary/aromatic N) is 2. The summed E-state index contributed by atoms with van der Waals surface area (Å²) in [6.45, 7) is 3.42. The van der Waals surface area contributed by atoms with Gasteiger partial charge in [-0.2, -0.15) is 4.98 Å². The predicted octanol–water partition coefficient (Wildman–Crippen LogP) is 2.44. The van der Waals surface area contributed by atoms with Crippen LogP contribution < -0.4 is 16.0 Å². The van der Waals surface area contributed by atoms with Gasteiger partial charge < -0.3 is 16.0 Å². The lowest BCUT2D eigenvalue weighted by molar-refractivity contribution is 0.597. The van der Waals surface area contributed by atoms with E-state index in [2.05, 4.69) is 25.9 Å². The molecule has 0 unspecified atom stereocenters. The summed E-state index contributed by atoms with van der Waals surface area (Å²) in [6, 6.07) is 6.97. The minimum Gasteiger partial charge on any atom is -0.350 e. The Bertz CT molecular complexity index is 853. The highest BCUT2D eigenvalue weighted by molar-refractivity contribution is 7.91. The highest BCUT2D eigenvalue weighted by Gasteiger charge is 2.19. The Morgan fingerprint density at radius 2 is 2.16 bits per heavy atom. The number of anilines is 3. The zero-order valence-corrected chi connectivity index (χ0v) is 15.4. The molecule has 25 heavy (non-hydrogen) atoms. The van der Waals surface area contributed by atoms with E-state index < -0.39 is 9.84 Å². The third-order valence-corrected chi connectivity index (χ3v) is 6.06. The molecule has 1 aromatic heterocycles. The van der Waals surface area contributed by atoms with Gasteiger partial charge in [-0.1, -0.05) is 30.7 Å². The number of para-hydroxylation sites is 1. The number of aromatic nitrogens is 2. The minimum absolute atomic E-state index is 0.0185. The second-order valence-electron chi connectivity index (χ2n) is 5.75. The zero-order valence-electron chi connectivity index (χ0n) is 13.8. The monoisotopic (exact) mass is 381 g/mol. The quantitative estimate of drug-likeness (QED) is 0.707. The molecule has 1 saturated heterocycles. The lowest BCUT2D eigenvalue weighted by atomic mass is 10.3. The van der Waals surface area contributed by atoms with Crippen LogP contribution in [0.4, 0.5) is 17.5 Å². The van der Waals surface area contributed by atoms with Crippen molar-refractivity contribution in [2.75, 3.05) is 29.5 Å². The SMILES string of the molecule is CCS(=O)(=O)c1ccccc1Nc1nc(N[C@@H]2CCNC2)ncc1Cl. The van der Waals surface area contributed by atoms with Crippen LogP contribution in [-0.4, -0.2) is 43.3 Å². The van der Waals surface area contributed by atoms with E-state index in [1.165, 1.54) is 6.20 Å². The molecule has 3 N–H and O–H groups in total. The maximum atomic E-state index is 12.3. The highest BCUT2D eigenvalue weighted by atomic mass is 35.5. The lowest BCUT2D eigenvalue weighted by Gasteiger charge is -2.15. The summed E-state index contributed by atoms with van der Waals surface area (Å²) in [5, 5.41) is 9.86. The van der Waals surface area contributed by atoms with Gasteiger partial charge in [0.25, 0.3) is 0 Å². The number of benzene rings is 1. The van der Waals surface area contributed by atoms with Crippen LogP contribution in [0.3, 0.4) is 0 Å². The summed E-state index contributed by atoms with van der Waals surface area (Å²) in [5.41, 5.74) is 0.443. The Hall–Kier alpha value is -1.90. The molecule has 2 aromatic rings. The fourth-order valence-electron chi connectivity index (χ4n) is 2.61. The number of rotatable bonds is 6. The molecule has 0 saturated carbocycles. The molecule has 0 spiro atoms. The van der Waals surface area contributed by atoms with Crippen molar-refractivity contribution in [3.8, 4) is 0 Å². The molecule has 1 atom stereocenters. The summed E-state index contributed by atoms with van der Waals surface area (Å²) in [5.74, 6) is 0.838. The Morgan fingerprint density at radius 3 is 2.88 bits per heavy atom. The summed E-state index contributed by atoms with van der Waals surface area (Å²) in [7, 11) is -3.36. The van der Waals surface area contributed by atoms with E-state index in [1.54, 1.807) is 31.2 Å². The maximum Gasteiger partial charge on any atom is 0.224 e. The van der Waals surface area contributed by atoms with E-state index in [1.807, 2.05) is 0 Å². The molecule has 134 valence electrons. The molecule has 3 rings (SSSR count). The van der Waals surface area contributed by atoms with Gasteiger partial charge in [0.2, 0.25) is 5.95 Å². The van der Waals surface area contributed by atoms with Gasteiger partial charge in [-0.15, -0.1) is 0 Å². The fraction of sp³-hybridized carbons (Fsp3) is 0.375. The van der Waals surface area contributed by atoms with Crippen molar-refractivity contribution in [2.45, 2.75) is 24.3 Å². The molecule has 1 aliphatic rings. The first-order valence-electron chi connectivity index (χ1n) is 8.08. The van der Waals surface area contributed by atoms with E-state index in [0.29, 0.717) is 22.5 Å². The normalized spacial score (nSPS) is 17.4. The van der Waals surface area contributed by atoms with Crippen LogP contribution in [0.15, 0.2) is 35.4 Å². The van der Waals surface area contributed by atoms with Crippen molar-refractivity contribution in [1.82, 2.24) is 15.3 Å². The average Bonchev–Trinajstić information content (AvgIpc) is 3.11. The first-order valence-corrected chi connectivity index (χ1v) is 10.1. The molecule has 0 bridgehead atoms. The lowest BCUT2D eigenvalue weighted by Crippen LogP contribution is -2.23. The molecule has 0 amide bonds. The summed E-state index contributed by atoms with van der Waals surface area (Å²) in [4.78, 5) is 8.81. The van der Waals surface area contributed by atoms with Gasteiger partial charge in [0.15, 0.2) is 15.7 Å². The van der Waals surface area contributed by atoms with Crippen LogP contribution in [-0.2, 0) is 9.84 Å². The number of sulfone groups is 1. The molecule has 1 aliphatic heterocycles. The topological polar surface area (TPSA) is 96.0 Å². The third-order valence-electron chi connectivity index (χ3n) is 3.99. The third kappa shape index (κ3) is 4.20. The van der Waals surface area contributed by atoms with Gasteiger partial charge in [-0.3, -0.25) is 0 Å². The van der Waals surface area contributed by atoms with Gasteiger partial charge in [0, 0.05) is 12.6 Å². The fourth-order valence-corrected chi connectivity index (χ4v) is 3.80. The zero-order chi connectivity index (χ0) is 17.9. The van der Waals surface area contributed by atoms with Crippen molar-refractivity contribution in [1.29, 1.82) is 0 Å². The van der Waals surface area contributed by atoms with E-state index in [9.17, 15) is 8.42 Å². The first kappa shape index (κ1) is 17.9. The van der Waals surface area contributed by atoms with Crippen molar-refractivity contribution in [2.24, 2.45) is 0 Å². The van der Waals surface area contributed by atoms with Gasteiger partial charge in [-0.25, -0.2) is 13.4 Å². The van der Waals surface area contributed by atoms with Gasteiger partial charge in [-0.05, 0) is 25.1 Å². The van der Waals surface area contributed by atoms with Crippen LogP contribution in [0.25, 0.3) is 0 Å². The van der Waals surface area contributed by atoms with Crippen molar-refractivity contribution < 1.29 is 8.42 Å². The van der Waals surface area contributed by atoms with Crippen LogP contribution >= 0.6 is 11.6 Å². The van der Waals surface area contributed by atoms with E-state index in [0.717, 1.165) is 19.5 Å². The maximum absolute atomic E-state index is 12.3. The van der Waals surface area contributed by atoms with Crippen molar-refractivity contribution >= 4 is 38.9 Å². The number of halogens is 1. The second kappa shape index (κ2) is 7.55. The summed E-state index contributed by atoms with van der Waals surface area (Å²) >= 11 is 6.19. The van der Waals surface area contributed by atoms with Gasteiger partial charge in [0.1, 0.15) is 5.02 Å². The largest absolute Gasteiger partial charge is 0.350 e. The molecule has 0 radical (unpaired) electrons. The smallest absolute Gasteiger partial charge is 0.224 e. The molecule has 2 heterocycles. The number of nitrogens with one attached hydrogen (secondary N) is 3. The Morgan fingerprint density at radius 1 is 1.36 bits per heavy atom.